The Morgan fingerprint density at radius 1 is 1.19 bits per heavy atom. The van der Waals surface area contributed by atoms with Gasteiger partial charge in [-0.1, -0.05) is 12.1 Å². The maximum Gasteiger partial charge on any atom is 0.223 e. The summed E-state index contributed by atoms with van der Waals surface area (Å²) in [5.74, 6) is -1.04. The number of aromatic nitrogens is 2. The highest BCUT2D eigenvalue weighted by atomic mass is 35.5. The van der Waals surface area contributed by atoms with Gasteiger partial charge in [-0.3, -0.25) is 0 Å². The first-order valence-electron chi connectivity index (χ1n) is 4.53. The van der Waals surface area contributed by atoms with Crippen LogP contribution in [0, 0.1) is 18.6 Å². The fraction of sp³-hybridized carbons (Fsp3) is 0.0909. The van der Waals surface area contributed by atoms with Crippen molar-refractivity contribution in [2.45, 2.75) is 6.92 Å². The van der Waals surface area contributed by atoms with Crippen LogP contribution in [0.4, 0.5) is 8.78 Å². The molecule has 0 spiro atoms. The molecule has 0 aliphatic heterocycles. The molecule has 0 aliphatic rings. The highest BCUT2D eigenvalue weighted by molar-refractivity contribution is 6.28. The van der Waals surface area contributed by atoms with Crippen LogP contribution in [-0.4, -0.2) is 9.97 Å². The number of hydrogen-bond donors (Lipinski definition) is 0. The molecule has 5 heteroatoms. The Labute approximate surface area is 95.9 Å². The zero-order valence-electron chi connectivity index (χ0n) is 8.34. The molecule has 0 unspecified atom stereocenters. The van der Waals surface area contributed by atoms with E-state index in [9.17, 15) is 8.78 Å². The summed E-state index contributed by atoms with van der Waals surface area (Å²) >= 11 is 5.58. The van der Waals surface area contributed by atoms with E-state index in [1.165, 1.54) is 12.1 Å². The van der Waals surface area contributed by atoms with Gasteiger partial charge >= 0.3 is 0 Å². The minimum Gasteiger partial charge on any atom is -0.223 e. The molecule has 0 atom stereocenters. The predicted octanol–water partition coefficient (Wildman–Crippen LogP) is 3.38. The van der Waals surface area contributed by atoms with E-state index >= 15 is 0 Å². The van der Waals surface area contributed by atoms with Crippen molar-refractivity contribution < 1.29 is 8.78 Å². The van der Waals surface area contributed by atoms with E-state index < -0.39 is 11.6 Å². The lowest BCUT2D eigenvalue weighted by atomic mass is 10.0. The van der Waals surface area contributed by atoms with Gasteiger partial charge in [0.05, 0.1) is 6.20 Å². The molecule has 2 rings (SSSR count). The second-order valence-corrected chi connectivity index (χ2v) is 3.59. The SMILES string of the molecule is Cc1c(F)cccc1-c1nc(Cl)ncc1F. The fourth-order valence-electron chi connectivity index (χ4n) is 1.40. The van der Waals surface area contributed by atoms with Gasteiger partial charge in [0.1, 0.15) is 11.5 Å². The van der Waals surface area contributed by atoms with Crippen molar-refractivity contribution in [3.05, 3.63) is 46.9 Å². The van der Waals surface area contributed by atoms with E-state index in [0.29, 0.717) is 11.1 Å². The lowest BCUT2D eigenvalue weighted by Gasteiger charge is -2.06. The quantitative estimate of drug-likeness (QED) is 0.714. The van der Waals surface area contributed by atoms with Crippen LogP contribution in [-0.2, 0) is 0 Å². The van der Waals surface area contributed by atoms with Crippen molar-refractivity contribution in [2.75, 3.05) is 0 Å². The first kappa shape index (κ1) is 11.0. The third-order valence-corrected chi connectivity index (χ3v) is 2.42. The maximum atomic E-state index is 13.5. The van der Waals surface area contributed by atoms with Crippen LogP contribution >= 0.6 is 11.6 Å². The molecule has 0 N–H and O–H groups in total. The van der Waals surface area contributed by atoms with E-state index in [1.54, 1.807) is 13.0 Å². The average Bonchev–Trinajstić information content (AvgIpc) is 2.26. The number of hydrogen-bond acceptors (Lipinski definition) is 2. The summed E-state index contributed by atoms with van der Waals surface area (Å²) in [5.41, 5.74) is 0.718. The van der Waals surface area contributed by atoms with Gasteiger partial charge in [-0.05, 0) is 30.2 Å². The summed E-state index contributed by atoms with van der Waals surface area (Å²) in [6.45, 7) is 1.56. The maximum absolute atomic E-state index is 13.5. The Balaban J connectivity index is 2.67. The third kappa shape index (κ3) is 1.88. The monoisotopic (exact) mass is 240 g/mol. The van der Waals surface area contributed by atoms with Crippen molar-refractivity contribution in [1.29, 1.82) is 0 Å². The molecule has 0 amide bonds. The molecule has 0 bridgehead atoms. The lowest BCUT2D eigenvalue weighted by molar-refractivity contribution is 0.612. The van der Waals surface area contributed by atoms with Crippen LogP contribution in [0.5, 0.6) is 0 Å². The molecule has 0 saturated carbocycles. The predicted molar refractivity (Wildman–Crippen MR) is 57.1 cm³/mol. The molecule has 1 heterocycles. The largest absolute Gasteiger partial charge is 0.223 e. The van der Waals surface area contributed by atoms with Crippen LogP contribution in [0.2, 0.25) is 5.28 Å². The van der Waals surface area contributed by atoms with Crippen molar-refractivity contribution in [3.63, 3.8) is 0 Å². The number of halogens is 3. The van der Waals surface area contributed by atoms with Gasteiger partial charge in [-0.15, -0.1) is 0 Å². The highest BCUT2D eigenvalue weighted by Gasteiger charge is 2.12. The first-order valence-corrected chi connectivity index (χ1v) is 4.91. The summed E-state index contributed by atoms with van der Waals surface area (Å²) in [4.78, 5) is 7.26. The number of nitrogens with zero attached hydrogens (tertiary/aromatic N) is 2. The topological polar surface area (TPSA) is 25.8 Å². The molecular formula is C11H7ClF2N2. The third-order valence-electron chi connectivity index (χ3n) is 2.24. The summed E-state index contributed by atoms with van der Waals surface area (Å²) < 4.78 is 26.8. The van der Waals surface area contributed by atoms with E-state index in [4.69, 9.17) is 11.6 Å². The summed E-state index contributed by atoms with van der Waals surface area (Å²) in [6.07, 6.45) is 0.967. The normalized spacial score (nSPS) is 10.5. The Kier molecular flexibility index (Phi) is 2.83. The highest BCUT2D eigenvalue weighted by Crippen LogP contribution is 2.25. The standard InChI is InChI=1S/C11H7ClF2N2/c1-6-7(3-2-4-8(6)13)10-9(14)5-15-11(12)16-10/h2-5H,1H3. The van der Waals surface area contributed by atoms with Crippen LogP contribution in [0.1, 0.15) is 5.56 Å². The van der Waals surface area contributed by atoms with Crippen LogP contribution in [0.15, 0.2) is 24.4 Å². The molecule has 1 aromatic heterocycles. The second-order valence-electron chi connectivity index (χ2n) is 3.25. The summed E-state index contributed by atoms with van der Waals surface area (Å²) in [5, 5.41) is -0.0694. The van der Waals surface area contributed by atoms with Gasteiger partial charge in [0.25, 0.3) is 0 Å². The van der Waals surface area contributed by atoms with Crippen LogP contribution < -0.4 is 0 Å². The molecule has 1 aromatic carbocycles. The fourth-order valence-corrected chi connectivity index (χ4v) is 1.53. The molecular weight excluding hydrogens is 234 g/mol. The van der Waals surface area contributed by atoms with E-state index in [-0.39, 0.29) is 11.0 Å². The molecule has 16 heavy (non-hydrogen) atoms. The van der Waals surface area contributed by atoms with E-state index in [0.717, 1.165) is 6.20 Å². The molecule has 82 valence electrons. The second kappa shape index (κ2) is 4.14. The van der Waals surface area contributed by atoms with Crippen molar-refractivity contribution in [2.24, 2.45) is 0 Å². The molecule has 2 aromatic rings. The van der Waals surface area contributed by atoms with Crippen molar-refractivity contribution in [1.82, 2.24) is 9.97 Å². The van der Waals surface area contributed by atoms with Crippen molar-refractivity contribution in [3.8, 4) is 11.3 Å². The van der Waals surface area contributed by atoms with Gasteiger partial charge in [0.2, 0.25) is 5.28 Å². The Bertz CT molecular complexity index is 544. The molecule has 2 nitrogen and oxygen atoms in total. The zero-order chi connectivity index (χ0) is 11.7. The first-order chi connectivity index (χ1) is 7.59. The van der Waals surface area contributed by atoms with Gasteiger partial charge in [-0.2, -0.15) is 0 Å². The lowest BCUT2D eigenvalue weighted by Crippen LogP contribution is -1.96. The van der Waals surface area contributed by atoms with Crippen molar-refractivity contribution >= 4 is 11.6 Å². The summed E-state index contributed by atoms with van der Waals surface area (Å²) in [7, 11) is 0. The summed E-state index contributed by atoms with van der Waals surface area (Å²) in [6, 6.07) is 4.38. The molecule has 0 fully saturated rings. The average molecular weight is 241 g/mol. The smallest absolute Gasteiger partial charge is 0.223 e. The minimum atomic E-state index is -0.627. The Morgan fingerprint density at radius 2 is 1.94 bits per heavy atom. The molecule has 0 saturated heterocycles. The van der Waals surface area contributed by atoms with Crippen LogP contribution in [0.3, 0.4) is 0 Å². The molecule has 0 radical (unpaired) electrons. The minimum absolute atomic E-state index is 0.0111. The zero-order valence-corrected chi connectivity index (χ0v) is 9.09. The van der Waals surface area contributed by atoms with E-state index in [2.05, 4.69) is 9.97 Å². The van der Waals surface area contributed by atoms with Gasteiger partial charge in [-0.25, -0.2) is 18.7 Å². The Hall–Kier alpha value is -1.55. The number of benzene rings is 1. The van der Waals surface area contributed by atoms with Gasteiger partial charge in [0.15, 0.2) is 5.82 Å². The Morgan fingerprint density at radius 3 is 2.69 bits per heavy atom. The molecule has 0 aliphatic carbocycles. The van der Waals surface area contributed by atoms with E-state index in [1.807, 2.05) is 0 Å². The van der Waals surface area contributed by atoms with Crippen LogP contribution in [0.25, 0.3) is 11.3 Å². The number of rotatable bonds is 1. The van der Waals surface area contributed by atoms with Gasteiger partial charge in [0, 0.05) is 5.56 Å². The van der Waals surface area contributed by atoms with Gasteiger partial charge < -0.3 is 0 Å².